The van der Waals surface area contributed by atoms with Gasteiger partial charge in [-0.1, -0.05) is 6.58 Å². The highest BCUT2D eigenvalue weighted by Gasteiger charge is 2.40. The van der Waals surface area contributed by atoms with Gasteiger partial charge < -0.3 is 14.8 Å². The van der Waals surface area contributed by atoms with Crippen molar-refractivity contribution in [3.8, 4) is 0 Å². The maximum atomic E-state index is 13.5. The summed E-state index contributed by atoms with van der Waals surface area (Å²) in [6, 6.07) is 3.19. The summed E-state index contributed by atoms with van der Waals surface area (Å²) >= 11 is 0. The molecular weight excluding hydrogens is 383 g/mol. The third kappa shape index (κ3) is 3.87. The molecule has 0 saturated carbocycles. The van der Waals surface area contributed by atoms with Crippen LogP contribution in [0.2, 0.25) is 0 Å². The molecule has 1 aromatic carbocycles. The molecule has 0 spiro atoms. The number of halogens is 3. The first-order chi connectivity index (χ1) is 13.2. The van der Waals surface area contributed by atoms with Gasteiger partial charge in [-0.05, 0) is 24.3 Å². The van der Waals surface area contributed by atoms with Gasteiger partial charge in [0, 0.05) is 5.69 Å². The van der Waals surface area contributed by atoms with Crippen LogP contribution < -0.4 is 15.1 Å². The Balaban J connectivity index is 1.84. The van der Waals surface area contributed by atoms with E-state index in [0.29, 0.717) is 0 Å². The van der Waals surface area contributed by atoms with Crippen LogP contribution in [-0.2, 0) is 20.4 Å². The lowest BCUT2D eigenvalue weighted by molar-refractivity contribution is -0.137. The first-order valence-electron chi connectivity index (χ1n) is 8.24. The Kier molecular flexibility index (Phi) is 5.16. The molecule has 1 N–H and O–H groups in total. The van der Waals surface area contributed by atoms with E-state index >= 15 is 0 Å². The van der Waals surface area contributed by atoms with Crippen LogP contribution in [0.15, 0.2) is 30.9 Å². The molecule has 150 valence electrons. The van der Waals surface area contributed by atoms with Gasteiger partial charge in [0.1, 0.15) is 12.7 Å². The molecule has 11 heteroatoms. The van der Waals surface area contributed by atoms with Crippen LogP contribution >= 0.6 is 0 Å². The molecule has 3 amide bonds. The van der Waals surface area contributed by atoms with Gasteiger partial charge in [-0.3, -0.25) is 14.6 Å². The van der Waals surface area contributed by atoms with Crippen LogP contribution in [0.1, 0.15) is 5.56 Å². The minimum atomic E-state index is -4.75. The number of rotatable bonds is 5. The monoisotopic (exact) mass is 399 g/mol. The number of alkyl halides is 3. The second-order valence-corrected chi connectivity index (χ2v) is 6.03. The first kappa shape index (κ1) is 19.5. The number of hydrogen-bond donors (Lipinski definition) is 1. The maximum absolute atomic E-state index is 13.5. The van der Waals surface area contributed by atoms with Crippen LogP contribution in [0.5, 0.6) is 0 Å². The number of amides is 3. The molecule has 0 aromatic heterocycles. The molecule has 0 aliphatic carbocycles. The second kappa shape index (κ2) is 7.41. The lowest BCUT2D eigenvalue weighted by Crippen LogP contribution is -2.33. The lowest BCUT2D eigenvalue weighted by Gasteiger charge is -2.22. The summed E-state index contributed by atoms with van der Waals surface area (Å²) in [6.07, 6.45) is -6.13. The van der Waals surface area contributed by atoms with Crippen molar-refractivity contribution in [1.82, 2.24) is 5.32 Å². The molecule has 2 saturated heterocycles. The van der Waals surface area contributed by atoms with Crippen LogP contribution in [0, 0.1) is 0 Å². The summed E-state index contributed by atoms with van der Waals surface area (Å²) < 4.78 is 50.4. The van der Waals surface area contributed by atoms with E-state index in [-0.39, 0.29) is 37.6 Å². The molecule has 8 nitrogen and oxygen atoms in total. The molecule has 2 fully saturated rings. The number of benzene rings is 1. The number of carbonyl (C=O) groups is 3. The van der Waals surface area contributed by atoms with E-state index in [1.54, 1.807) is 0 Å². The largest absolute Gasteiger partial charge is 0.447 e. The minimum Gasteiger partial charge on any atom is -0.447 e. The predicted molar refractivity (Wildman–Crippen MR) is 91.0 cm³/mol. The third-order valence-electron chi connectivity index (χ3n) is 4.21. The van der Waals surface area contributed by atoms with Crippen molar-refractivity contribution >= 4 is 29.5 Å². The maximum Gasteiger partial charge on any atom is 0.418 e. The molecule has 1 unspecified atom stereocenters. The topological polar surface area (TPSA) is 88.2 Å². The number of cyclic esters (lactones) is 2. The van der Waals surface area contributed by atoms with Gasteiger partial charge in [-0.25, -0.2) is 9.59 Å². The third-order valence-corrected chi connectivity index (χ3v) is 4.21. The highest BCUT2D eigenvalue weighted by molar-refractivity contribution is 5.93. The van der Waals surface area contributed by atoms with Gasteiger partial charge in [0.05, 0.1) is 30.9 Å². The number of anilines is 2. The zero-order valence-corrected chi connectivity index (χ0v) is 14.5. The molecule has 0 radical (unpaired) electrons. The van der Waals surface area contributed by atoms with Gasteiger partial charge in [0.25, 0.3) is 0 Å². The van der Waals surface area contributed by atoms with Crippen molar-refractivity contribution in [3.05, 3.63) is 36.4 Å². The smallest absolute Gasteiger partial charge is 0.418 e. The van der Waals surface area contributed by atoms with E-state index in [0.717, 1.165) is 28.0 Å². The molecule has 2 heterocycles. The van der Waals surface area contributed by atoms with Crippen LogP contribution in [0.3, 0.4) is 0 Å². The van der Waals surface area contributed by atoms with Crippen molar-refractivity contribution < 1.29 is 37.0 Å². The Morgan fingerprint density at radius 1 is 1.29 bits per heavy atom. The molecule has 3 rings (SSSR count). The Morgan fingerprint density at radius 2 is 2.04 bits per heavy atom. The summed E-state index contributed by atoms with van der Waals surface area (Å²) in [5, 5.41) is 2.45. The fourth-order valence-corrected chi connectivity index (χ4v) is 2.89. The van der Waals surface area contributed by atoms with Gasteiger partial charge in [-0.15, -0.1) is 0 Å². The van der Waals surface area contributed by atoms with Crippen LogP contribution in [0.25, 0.3) is 0 Å². The van der Waals surface area contributed by atoms with Gasteiger partial charge in [-0.2, -0.15) is 13.2 Å². The summed E-state index contributed by atoms with van der Waals surface area (Å²) in [4.78, 5) is 36.8. The normalized spacial score (nSPS) is 19.5. The fraction of sp³-hybridized carbons (Fsp3) is 0.353. The fourth-order valence-electron chi connectivity index (χ4n) is 2.89. The van der Waals surface area contributed by atoms with E-state index < -0.39 is 35.9 Å². The number of ether oxygens (including phenoxy) is 2. The Hall–Kier alpha value is -3.24. The number of carbonyl (C=O) groups excluding carboxylic acids is 3. The van der Waals surface area contributed by atoms with E-state index in [1.807, 2.05) is 0 Å². The molecule has 0 bridgehead atoms. The van der Waals surface area contributed by atoms with Crippen LogP contribution in [-0.4, -0.2) is 50.4 Å². The summed E-state index contributed by atoms with van der Waals surface area (Å²) in [5.74, 6) is -0.462. The highest BCUT2D eigenvalue weighted by atomic mass is 19.4. The molecule has 2 aliphatic heterocycles. The average Bonchev–Trinajstić information content (AvgIpc) is 3.23. The quantitative estimate of drug-likeness (QED) is 0.768. The van der Waals surface area contributed by atoms with E-state index in [4.69, 9.17) is 9.47 Å². The molecule has 28 heavy (non-hydrogen) atoms. The average molecular weight is 399 g/mol. The summed E-state index contributed by atoms with van der Waals surface area (Å²) in [5.41, 5.74) is -1.45. The molecule has 2 aliphatic rings. The highest BCUT2D eigenvalue weighted by Crippen LogP contribution is 2.40. The number of nitrogens with one attached hydrogen (secondary N) is 1. The van der Waals surface area contributed by atoms with Crippen molar-refractivity contribution in [3.63, 3.8) is 0 Å². The molecule has 1 atom stereocenters. The van der Waals surface area contributed by atoms with Crippen molar-refractivity contribution in [2.75, 3.05) is 36.0 Å². The van der Waals surface area contributed by atoms with E-state index in [2.05, 4.69) is 11.9 Å². The van der Waals surface area contributed by atoms with Gasteiger partial charge in [0.15, 0.2) is 0 Å². The van der Waals surface area contributed by atoms with Crippen LogP contribution in [0.4, 0.5) is 34.1 Å². The van der Waals surface area contributed by atoms with Crippen molar-refractivity contribution in [1.29, 1.82) is 0 Å². The summed E-state index contributed by atoms with van der Waals surface area (Å²) in [7, 11) is 0. The van der Waals surface area contributed by atoms with E-state index in [9.17, 15) is 27.6 Å². The standard InChI is InChI=1S/C17H16F3N3O5/c1-2-14(24)21-8-11-9-23(16(26)28-11)10-3-4-13(12(7-10)17(18,19)20)22-5-6-27-15(22)25/h2-4,7,11H,1,5-6,8-9H2,(H,21,24). The van der Waals surface area contributed by atoms with Crippen molar-refractivity contribution in [2.24, 2.45) is 0 Å². The number of nitrogens with zero attached hydrogens (tertiary/aromatic N) is 2. The first-order valence-corrected chi connectivity index (χ1v) is 8.24. The van der Waals surface area contributed by atoms with Crippen molar-refractivity contribution in [2.45, 2.75) is 12.3 Å². The Morgan fingerprint density at radius 3 is 2.64 bits per heavy atom. The Labute approximate surface area is 157 Å². The van der Waals surface area contributed by atoms with E-state index in [1.165, 1.54) is 6.07 Å². The zero-order chi connectivity index (χ0) is 20.5. The second-order valence-electron chi connectivity index (χ2n) is 6.03. The van der Waals surface area contributed by atoms with Gasteiger partial charge in [0.2, 0.25) is 5.91 Å². The summed E-state index contributed by atoms with van der Waals surface area (Å²) in [6.45, 7) is 3.24. The molecular formula is C17H16F3N3O5. The van der Waals surface area contributed by atoms with Gasteiger partial charge >= 0.3 is 18.4 Å². The predicted octanol–water partition coefficient (Wildman–Crippen LogP) is 2.29. The minimum absolute atomic E-state index is 0.00189. The number of hydrogen-bond acceptors (Lipinski definition) is 5. The zero-order valence-electron chi connectivity index (χ0n) is 14.5. The lowest BCUT2D eigenvalue weighted by atomic mass is 10.1. The molecule has 1 aromatic rings. The Bertz CT molecular complexity index is 827. The SMILES string of the molecule is C=CC(=O)NCC1CN(c2ccc(N3CCOC3=O)c(C(F)(F)F)c2)C(=O)O1.